The van der Waals surface area contributed by atoms with Crippen molar-refractivity contribution in [3.8, 4) is 11.1 Å². The first kappa shape index (κ1) is 18.3. The molecule has 0 spiro atoms. The van der Waals surface area contributed by atoms with E-state index in [0.717, 1.165) is 47.7 Å². The third kappa shape index (κ3) is 3.40. The van der Waals surface area contributed by atoms with Crippen LogP contribution >= 0.6 is 0 Å². The molecule has 1 saturated heterocycles. The van der Waals surface area contributed by atoms with Crippen LogP contribution in [0.4, 0.5) is 0 Å². The molecule has 4 heterocycles. The Morgan fingerprint density at radius 3 is 2.68 bits per heavy atom. The Balaban J connectivity index is 1.64. The maximum absolute atomic E-state index is 13.1. The third-order valence-corrected chi connectivity index (χ3v) is 5.49. The van der Waals surface area contributed by atoms with Crippen LogP contribution in [0.15, 0.2) is 36.9 Å². The zero-order valence-electron chi connectivity index (χ0n) is 16.5. The van der Waals surface area contributed by atoms with Gasteiger partial charge in [-0.1, -0.05) is 0 Å². The summed E-state index contributed by atoms with van der Waals surface area (Å²) in [5.41, 5.74) is 4.65. The molecule has 7 nitrogen and oxygen atoms in total. The largest absolute Gasteiger partial charge is 0.338 e. The molecule has 0 radical (unpaired) electrons. The lowest BCUT2D eigenvalue weighted by atomic mass is 9.90. The summed E-state index contributed by atoms with van der Waals surface area (Å²) < 4.78 is 1.74. The lowest BCUT2D eigenvalue weighted by molar-refractivity contribution is 0.0705. The summed E-state index contributed by atoms with van der Waals surface area (Å²) in [6, 6.07) is 3.95. The molecule has 0 bridgehead atoms. The Bertz CT molecular complexity index is 997. The second kappa shape index (κ2) is 7.50. The number of pyridine rings is 1. The van der Waals surface area contributed by atoms with Crippen molar-refractivity contribution in [2.24, 2.45) is 7.05 Å². The van der Waals surface area contributed by atoms with Crippen LogP contribution in [0.1, 0.15) is 46.3 Å². The first-order chi connectivity index (χ1) is 13.5. The highest BCUT2D eigenvalue weighted by molar-refractivity contribution is 5.95. The van der Waals surface area contributed by atoms with Crippen LogP contribution in [0.5, 0.6) is 0 Å². The summed E-state index contributed by atoms with van der Waals surface area (Å²) in [7, 11) is 1.86. The number of rotatable bonds is 3. The van der Waals surface area contributed by atoms with Gasteiger partial charge < -0.3 is 4.90 Å². The summed E-state index contributed by atoms with van der Waals surface area (Å²) in [5, 5.41) is 4.22. The fraction of sp³-hybridized carbons (Fsp3) is 0.381. The Kier molecular flexibility index (Phi) is 4.90. The number of likely N-dealkylation sites (tertiary alicyclic amines) is 1. The number of amides is 1. The summed E-state index contributed by atoms with van der Waals surface area (Å²) >= 11 is 0. The quantitative estimate of drug-likeness (QED) is 0.702. The van der Waals surface area contributed by atoms with Crippen LogP contribution in [-0.4, -0.2) is 48.6 Å². The number of nitrogens with zero attached hydrogens (tertiary/aromatic N) is 6. The lowest BCUT2D eigenvalue weighted by Gasteiger charge is -2.33. The normalized spacial score (nSPS) is 17.0. The van der Waals surface area contributed by atoms with E-state index in [-0.39, 0.29) is 11.8 Å². The van der Waals surface area contributed by atoms with Gasteiger partial charge in [0.15, 0.2) is 0 Å². The molecule has 1 amide bonds. The van der Waals surface area contributed by atoms with E-state index in [1.165, 1.54) is 0 Å². The molecule has 0 aliphatic carbocycles. The van der Waals surface area contributed by atoms with Gasteiger partial charge in [0, 0.05) is 55.9 Å². The Labute approximate surface area is 164 Å². The van der Waals surface area contributed by atoms with E-state index in [2.05, 4.69) is 15.1 Å². The minimum Gasteiger partial charge on any atom is -0.338 e. The van der Waals surface area contributed by atoms with Gasteiger partial charge in [0.1, 0.15) is 5.82 Å². The van der Waals surface area contributed by atoms with E-state index in [1.54, 1.807) is 23.3 Å². The van der Waals surface area contributed by atoms with E-state index in [1.807, 2.05) is 44.1 Å². The van der Waals surface area contributed by atoms with Gasteiger partial charge in [-0.15, -0.1) is 0 Å². The SMILES string of the molecule is Cc1ncc(-c2ccncc2)c([C@@H]2CCCN(C(=O)c3cnn(C)c3C)C2)n1. The first-order valence-corrected chi connectivity index (χ1v) is 9.56. The zero-order valence-corrected chi connectivity index (χ0v) is 16.5. The summed E-state index contributed by atoms with van der Waals surface area (Å²) in [5.74, 6) is 0.977. The number of carbonyl (C=O) groups is 1. The minimum atomic E-state index is 0.0477. The van der Waals surface area contributed by atoms with Crippen molar-refractivity contribution in [2.75, 3.05) is 13.1 Å². The molecular weight excluding hydrogens is 352 g/mol. The molecule has 0 N–H and O–H groups in total. The van der Waals surface area contributed by atoms with E-state index in [0.29, 0.717) is 12.1 Å². The molecule has 0 aromatic carbocycles. The molecule has 0 unspecified atom stereocenters. The van der Waals surface area contributed by atoms with Gasteiger partial charge in [0.25, 0.3) is 5.91 Å². The highest BCUT2D eigenvalue weighted by Gasteiger charge is 2.29. The Hall–Kier alpha value is -3.09. The summed E-state index contributed by atoms with van der Waals surface area (Å²) in [6.07, 6.45) is 9.07. The number of carbonyl (C=O) groups excluding carboxylic acids is 1. The van der Waals surface area contributed by atoms with Gasteiger partial charge in [0.05, 0.1) is 17.5 Å². The van der Waals surface area contributed by atoms with Gasteiger partial charge in [0.2, 0.25) is 0 Å². The highest BCUT2D eigenvalue weighted by Crippen LogP contribution is 2.33. The van der Waals surface area contributed by atoms with Gasteiger partial charge in [-0.3, -0.25) is 14.5 Å². The molecule has 1 fully saturated rings. The average Bonchev–Trinajstić information content (AvgIpc) is 3.06. The first-order valence-electron chi connectivity index (χ1n) is 9.56. The fourth-order valence-corrected chi connectivity index (χ4v) is 3.82. The molecule has 28 heavy (non-hydrogen) atoms. The van der Waals surface area contributed by atoms with Crippen molar-refractivity contribution < 1.29 is 4.79 Å². The van der Waals surface area contributed by atoms with Crippen LogP contribution in [0.3, 0.4) is 0 Å². The second-order valence-electron chi connectivity index (χ2n) is 7.31. The Morgan fingerprint density at radius 1 is 1.18 bits per heavy atom. The van der Waals surface area contributed by atoms with Gasteiger partial charge in [-0.25, -0.2) is 9.97 Å². The van der Waals surface area contributed by atoms with Crippen molar-refractivity contribution in [2.45, 2.75) is 32.6 Å². The van der Waals surface area contributed by atoms with E-state index >= 15 is 0 Å². The standard InChI is InChI=1S/C21H24N6O/c1-14-18(12-24-26(14)3)21(28)27-10-4-5-17(13-27)20-19(11-23-15(2)25-20)16-6-8-22-9-7-16/h6-9,11-12,17H,4-5,10,13H2,1-3H3/t17-/m1/s1. The van der Waals surface area contributed by atoms with Crippen LogP contribution in [0, 0.1) is 13.8 Å². The van der Waals surface area contributed by atoms with E-state index in [4.69, 9.17) is 4.98 Å². The summed E-state index contributed by atoms with van der Waals surface area (Å²) in [6.45, 7) is 5.25. The molecule has 1 aliphatic rings. The lowest BCUT2D eigenvalue weighted by Crippen LogP contribution is -2.39. The van der Waals surface area contributed by atoms with Crippen molar-refractivity contribution in [1.82, 2.24) is 29.6 Å². The summed E-state index contributed by atoms with van der Waals surface area (Å²) in [4.78, 5) is 28.3. The van der Waals surface area contributed by atoms with E-state index in [9.17, 15) is 4.79 Å². The van der Waals surface area contributed by atoms with E-state index < -0.39 is 0 Å². The van der Waals surface area contributed by atoms with Crippen LogP contribution in [-0.2, 0) is 7.05 Å². The van der Waals surface area contributed by atoms with Crippen molar-refractivity contribution >= 4 is 5.91 Å². The number of piperidine rings is 1. The second-order valence-corrected chi connectivity index (χ2v) is 7.31. The van der Waals surface area contributed by atoms with Crippen LogP contribution in [0.25, 0.3) is 11.1 Å². The van der Waals surface area contributed by atoms with Crippen LogP contribution in [0.2, 0.25) is 0 Å². The molecule has 0 saturated carbocycles. The van der Waals surface area contributed by atoms with Gasteiger partial charge >= 0.3 is 0 Å². The number of hydrogen-bond acceptors (Lipinski definition) is 5. The zero-order chi connectivity index (χ0) is 19.7. The topological polar surface area (TPSA) is 76.8 Å². The molecule has 1 aliphatic heterocycles. The third-order valence-electron chi connectivity index (χ3n) is 5.49. The smallest absolute Gasteiger partial charge is 0.257 e. The van der Waals surface area contributed by atoms with Crippen molar-refractivity contribution in [1.29, 1.82) is 0 Å². The number of hydrogen-bond donors (Lipinski definition) is 0. The monoisotopic (exact) mass is 376 g/mol. The highest BCUT2D eigenvalue weighted by atomic mass is 16.2. The number of aryl methyl sites for hydroxylation is 2. The maximum atomic E-state index is 13.1. The fourth-order valence-electron chi connectivity index (χ4n) is 3.82. The van der Waals surface area contributed by atoms with Gasteiger partial charge in [-0.2, -0.15) is 5.10 Å². The van der Waals surface area contributed by atoms with Crippen LogP contribution < -0.4 is 0 Å². The molecule has 144 valence electrons. The molecule has 1 atom stereocenters. The maximum Gasteiger partial charge on any atom is 0.257 e. The molecule has 3 aromatic heterocycles. The molecule has 7 heteroatoms. The molecule has 4 rings (SSSR count). The predicted octanol–water partition coefficient (Wildman–Crippen LogP) is 2.91. The molecular formula is C21H24N6O. The van der Waals surface area contributed by atoms with Crippen molar-refractivity contribution in [3.63, 3.8) is 0 Å². The van der Waals surface area contributed by atoms with Gasteiger partial charge in [-0.05, 0) is 44.4 Å². The average molecular weight is 376 g/mol. The van der Waals surface area contributed by atoms with Crippen molar-refractivity contribution in [3.05, 3.63) is 59.7 Å². The number of aromatic nitrogens is 5. The minimum absolute atomic E-state index is 0.0477. The Morgan fingerprint density at radius 2 is 1.96 bits per heavy atom. The molecule has 3 aromatic rings. The predicted molar refractivity (Wildman–Crippen MR) is 106 cm³/mol.